The standard InChI is InChI=1S/C14H19NO2S/c1-18-12-6-4-11(5-7-12)8-9-15-14(16)13-3-2-10-17-13/h4-7,13H,2-3,8-10H2,1H3,(H,15,16). The van der Waals surface area contributed by atoms with E-state index in [2.05, 4.69) is 35.8 Å². The van der Waals surface area contributed by atoms with Gasteiger partial charge in [-0.25, -0.2) is 0 Å². The van der Waals surface area contributed by atoms with Gasteiger partial charge in [0.05, 0.1) is 0 Å². The number of nitrogens with one attached hydrogen (secondary N) is 1. The van der Waals surface area contributed by atoms with Crippen molar-refractivity contribution >= 4 is 17.7 Å². The van der Waals surface area contributed by atoms with Gasteiger partial charge in [0.2, 0.25) is 5.91 Å². The highest BCUT2D eigenvalue weighted by Crippen LogP contribution is 2.15. The number of thioether (sulfide) groups is 1. The molecular formula is C14H19NO2S. The van der Waals surface area contributed by atoms with Crippen LogP contribution in [0.5, 0.6) is 0 Å². The number of carbonyl (C=O) groups is 1. The number of carbonyl (C=O) groups excluding carboxylic acids is 1. The fourth-order valence-corrected chi connectivity index (χ4v) is 2.43. The van der Waals surface area contributed by atoms with Crippen LogP contribution in [0.2, 0.25) is 0 Å². The average Bonchev–Trinajstić information content (AvgIpc) is 2.93. The first kappa shape index (κ1) is 13.4. The van der Waals surface area contributed by atoms with Crippen LogP contribution in [0.4, 0.5) is 0 Å². The van der Waals surface area contributed by atoms with E-state index in [1.165, 1.54) is 10.5 Å². The van der Waals surface area contributed by atoms with Crippen LogP contribution in [-0.4, -0.2) is 31.4 Å². The fraction of sp³-hybridized carbons (Fsp3) is 0.500. The van der Waals surface area contributed by atoms with Gasteiger partial charge in [-0.05, 0) is 43.2 Å². The normalized spacial score (nSPS) is 18.8. The summed E-state index contributed by atoms with van der Waals surface area (Å²) in [7, 11) is 0. The summed E-state index contributed by atoms with van der Waals surface area (Å²) in [6.45, 7) is 1.39. The lowest BCUT2D eigenvalue weighted by molar-refractivity contribution is -0.129. The van der Waals surface area contributed by atoms with Gasteiger partial charge in [-0.15, -0.1) is 11.8 Å². The summed E-state index contributed by atoms with van der Waals surface area (Å²) >= 11 is 1.74. The molecule has 1 atom stereocenters. The Bertz CT molecular complexity index is 385. The van der Waals surface area contributed by atoms with E-state index in [1.54, 1.807) is 11.8 Å². The molecule has 1 N–H and O–H groups in total. The Balaban J connectivity index is 1.72. The molecule has 1 saturated heterocycles. The molecule has 1 aromatic carbocycles. The van der Waals surface area contributed by atoms with E-state index in [-0.39, 0.29) is 12.0 Å². The topological polar surface area (TPSA) is 38.3 Å². The summed E-state index contributed by atoms with van der Waals surface area (Å²) < 4.78 is 5.33. The first-order valence-corrected chi connectivity index (χ1v) is 7.54. The molecule has 1 fully saturated rings. The Hall–Kier alpha value is -1.00. The Labute approximate surface area is 112 Å². The molecule has 98 valence electrons. The van der Waals surface area contributed by atoms with Crippen LogP contribution in [0.15, 0.2) is 29.2 Å². The van der Waals surface area contributed by atoms with Gasteiger partial charge in [-0.1, -0.05) is 12.1 Å². The third-order valence-corrected chi connectivity index (χ3v) is 3.84. The molecule has 0 aliphatic carbocycles. The fourth-order valence-electron chi connectivity index (χ4n) is 2.02. The van der Waals surface area contributed by atoms with E-state index in [9.17, 15) is 4.79 Å². The van der Waals surface area contributed by atoms with Crippen molar-refractivity contribution in [1.82, 2.24) is 5.32 Å². The van der Waals surface area contributed by atoms with Crippen LogP contribution in [-0.2, 0) is 16.0 Å². The zero-order valence-electron chi connectivity index (χ0n) is 10.6. The maximum atomic E-state index is 11.7. The molecule has 1 aliphatic heterocycles. The first-order valence-electron chi connectivity index (χ1n) is 6.32. The third-order valence-electron chi connectivity index (χ3n) is 3.09. The average molecular weight is 265 g/mol. The van der Waals surface area contributed by atoms with Gasteiger partial charge < -0.3 is 10.1 Å². The lowest BCUT2D eigenvalue weighted by Gasteiger charge is -2.10. The minimum absolute atomic E-state index is 0.0354. The van der Waals surface area contributed by atoms with E-state index >= 15 is 0 Å². The monoisotopic (exact) mass is 265 g/mol. The van der Waals surface area contributed by atoms with Crippen molar-refractivity contribution in [3.63, 3.8) is 0 Å². The number of amides is 1. The summed E-state index contributed by atoms with van der Waals surface area (Å²) in [6.07, 6.45) is 4.57. The number of hydrogen-bond donors (Lipinski definition) is 1. The Kier molecular flexibility index (Phi) is 5.08. The second-order valence-corrected chi connectivity index (χ2v) is 5.27. The molecule has 0 saturated carbocycles. The zero-order valence-corrected chi connectivity index (χ0v) is 11.5. The van der Waals surface area contributed by atoms with Crippen molar-refractivity contribution < 1.29 is 9.53 Å². The quantitative estimate of drug-likeness (QED) is 0.830. The van der Waals surface area contributed by atoms with E-state index in [0.717, 1.165) is 19.3 Å². The van der Waals surface area contributed by atoms with E-state index in [1.807, 2.05) is 0 Å². The predicted molar refractivity (Wildman–Crippen MR) is 73.9 cm³/mol. The molecule has 1 aliphatic rings. The van der Waals surface area contributed by atoms with Gasteiger partial charge in [0.15, 0.2) is 0 Å². The van der Waals surface area contributed by atoms with Crippen LogP contribution in [0.3, 0.4) is 0 Å². The van der Waals surface area contributed by atoms with Crippen LogP contribution >= 0.6 is 11.8 Å². The van der Waals surface area contributed by atoms with Gasteiger partial charge in [-0.3, -0.25) is 4.79 Å². The SMILES string of the molecule is CSc1ccc(CCNC(=O)C2CCCO2)cc1. The number of benzene rings is 1. The van der Waals surface area contributed by atoms with Crippen LogP contribution in [0.1, 0.15) is 18.4 Å². The van der Waals surface area contributed by atoms with Crippen molar-refractivity contribution in [3.05, 3.63) is 29.8 Å². The van der Waals surface area contributed by atoms with Gasteiger partial charge >= 0.3 is 0 Å². The number of hydrogen-bond acceptors (Lipinski definition) is 3. The largest absolute Gasteiger partial charge is 0.368 e. The molecule has 1 amide bonds. The van der Waals surface area contributed by atoms with Gasteiger partial charge in [0, 0.05) is 18.0 Å². The zero-order chi connectivity index (χ0) is 12.8. The lowest BCUT2D eigenvalue weighted by atomic mass is 10.1. The molecule has 1 aromatic rings. The molecule has 3 nitrogen and oxygen atoms in total. The summed E-state index contributed by atoms with van der Waals surface area (Å²) in [5.41, 5.74) is 1.25. The summed E-state index contributed by atoms with van der Waals surface area (Å²) in [5.74, 6) is 0.0354. The maximum absolute atomic E-state index is 11.7. The molecule has 18 heavy (non-hydrogen) atoms. The van der Waals surface area contributed by atoms with Crippen molar-refractivity contribution in [2.24, 2.45) is 0 Å². The summed E-state index contributed by atoms with van der Waals surface area (Å²) in [6, 6.07) is 8.46. The number of rotatable bonds is 5. The third kappa shape index (κ3) is 3.75. The van der Waals surface area contributed by atoms with Crippen molar-refractivity contribution in [2.45, 2.75) is 30.3 Å². The highest BCUT2D eigenvalue weighted by atomic mass is 32.2. The molecule has 1 unspecified atom stereocenters. The predicted octanol–water partition coefficient (Wildman–Crippen LogP) is 2.25. The highest BCUT2D eigenvalue weighted by molar-refractivity contribution is 7.98. The smallest absolute Gasteiger partial charge is 0.249 e. The molecule has 0 spiro atoms. The molecular weight excluding hydrogens is 246 g/mol. The Morgan fingerprint density at radius 2 is 2.22 bits per heavy atom. The summed E-state index contributed by atoms with van der Waals surface area (Å²) in [4.78, 5) is 13.0. The van der Waals surface area contributed by atoms with E-state index in [0.29, 0.717) is 13.2 Å². The van der Waals surface area contributed by atoms with Crippen LogP contribution < -0.4 is 5.32 Å². The first-order chi connectivity index (χ1) is 8.79. The van der Waals surface area contributed by atoms with E-state index < -0.39 is 0 Å². The molecule has 0 aromatic heterocycles. The molecule has 0 bridgehead atoms. The maximum Gasteiger partial charge on any atom is 0.249 e. The lowest BCUT2D eigenvalue weighted by Crippen LogP contribution is -2.35. The molecule has 2 rings (SSSR count). The molecule has 0 radical (unpaired) electrons. The minimum Gasteiger partial charge on any atom is -0.368 e. The van der Waals surface area contributed by atoms with Gasteiger partial charge in [0.1, 0.15) is 6.10 Å². The van der Waals surface area contributed by atoms with Crippen LogP contribution in [0, 0.1) is 0 Å². The van der Waals surface area contributed by atoms with Gasteiger partial charge in [0.25, 0.3) is 0 Å². The van der Waals surface area contributed by atoms with Crippen molar-refractivity contribution in [1.29, 1.82) is 0 Å². The second kappa shape index (κ2) is 6.81. The summed E-state index contributed by atoms with van der Waals surface area (Å²) in [5, 5.41) is 2.93. The minimum atomic E-state index is -0.219. The van der Waals surface area contributed by atoms with E-state index in [4.69, 9.17) is 4.74 Å². The molecule has 4 heteroatoms. The van der Waals surface area contributed by atoms with Crippen LogP contribution in [0.25, 0.3) is 0 Å². The second-order valence-electron chi connectivity index (χ2n) is 4.39. The number of ether oxygens (including phenoxy) is 1. The highest BCUT2D eigenvalue weighted by Gasteiger charge is 2.22. The van der Waals surface area contributed by atoms with Crippen molar-refractivity contribution in [3.8, 4) is 0 Å². The molecule has 1 heterocycles. The Morgan fingerprint density at radius 3 is 2.83 bits per heavy atom. The Morgan fingerprint density at radius 1 is 1.44 bits per heavy atom. The van der Waals surface area contributed by atoms with Crippen molar-refractivity contribution in [2.75, 3.05) is 19.4 Å². The van der Waals surface area contributed by atoms with Gasteiger partial charge in [-0.2, -0.15) is 0 Å².